The number of hydrogen-bond acceptors (Lipinski definition) is 4. The molecule has 0 bridgehead atoms. The zero-order valence-electron chi connectivity index (χ0n) is 15.6. The number of ether oxygens (including phenoxy) is 2. The average Bonchev–Trinajstić information content (AvgIpc) is 2.98. The summed E-state index contributed by atoms with van der Waals surface area (Å²) in [5, 5.41) is 10.1. The molecular formula is C19H24FN3O3. The van der Waals surface area contributed by atoms with E-state index >= 15 is 0 Å². The van der Waals surface area contributed by atoms with E-state index in [2.05, 4.69) is 15.5 Å². The summed E-state index contributed by atoms with van der Waals surface area (Å²) in [4.78, 5) is 12.8. The van der Waals surface area contributed by atoms with E-state index in [9.17, 15) is 9.18 Å². The third-order valence-corrected chi connectivity index (χ3v) is 4.75. The summed E-state index contributed by atoms with van der Waals surface area (Å²) in [6.45, 7) is 7.54. The molecule has 140 valence electrons. The Labute approximate surface area is 152 Å². The molecule has 6 nitrogen and oxygen atoms in total. The third kappa shape index (κ3) is 3.31. The summed E-state index contributed by atoms with van der Waals surface area (Å²) in [5.74, 6) is -0.602. The number of carbonyl (C=O) groups is 1. The van der Waals surface area contributed by atoms with E-state index in [0.29, 0.717) is 17.7 Å². The molecule has 0 saturated carbocycles. The molecule has 1 aliphatic heterocycles. The van der Waals surface area contributed by atoms with Crippen molar-refractivity contribution >= 4 is 5.91 Å². The second-order valence-corrected chi connectivity index (χ2v) is 7.19. The van der Waals surface area contributed by atoms with Gasteiger partial charge in [0, 0.05) is 12.0 Å². The number of methoxy groups -OCH3 is 1. The van der Waals surface area contributed by atoms with Crippen molar-refractivity contribution in [1.29, 1.82) is 0 Å². The standard InChI is InChI=1S/C19H24FN3O3/c1-10-8-13-16(11(2)26-10)22-23-17(13)18(24)21-19(3,4)12-6-7-15(25-5)14(20)9-12/h6-7,9-11H,8H2,1-5H3,(H,21,24)(H,22,23)/t10-,11+/m0/s1. The first kappa shape index (κ1) is 18.4. The zero-order chi connectivity index (χ0) is 19.1. The molecule has 26 heavy (non-hydrogen) atoms. The van der Waals surface area contributed by atoms with Crippen LogP contribution in [0, 0.1) is 5.82 Å². The molecule has 0 aliphatic carbocycles. The quantitative estimate of drug-likeness (QED) is 0.876. The number of carbonyl (C=O) groups excluding carboxylic acids is 1. The molecule has 1 aliphatic rings. The van der Waals surface area contributed by atoms with Gasteiger partial charge >= 0.3 is 0 Å². The molecular weight excluding hydrogens is 337 g/mol. The fourth-order valence-corrected chi connectivity index (χ4v) is 3.33. The molecule has 0 saturated heterocycles. The highest BCUT2D eigenvalue weighted by atomic mass is 19.1. The summed E-state index contributed by atoms with van der Waals surface area (Å²) in [6.07, 6.45) is 0.508. The number of nitrogens with one attached hydrogen (secondary N) is 2. The van der Waals surface area contributed by atoms with Crippen LogP contribution in [0.1, 0.15) is 61.1 Å². The zero-order valence-corrected chi connectivity index (χ0v) is 15.6. The minimum absolute atomic E-state index is 0.0188. The molecule has 3 rings (SSSR count). The SMILES string of the molecule is COc1ccc(C(C)(C)NC(=O)c2n[nH]c3c2C[C@H](C)O[C@@H]3C)cc1F. The van der Waals surface area contributed by atoms with Crippen LogP contribution in [0.2, 0.25) is 0 Å². The largest absolute Gasteiger partial charge is 0.494 e. The smallest absolute Gasteiger partial charge is 0.272 e. The van der Waals surface area contributed by atoms with Crippen LogP contribution >= 0.6 is 0 Å². The lowest BCUT2D eigenvalue weighted by Crippen LogP contribution is -2.41. The summed E-state index contributed by atoms with van der Waals surface area (Å²) >= 11 is 0. The number of H-pyrrole nitrogens is 1. The lowest BCUT2D eigenvalue weighted by Gasteiger charge is -2.28. The minimum atomic E-state index is -0.779. The van der Waals surface area contributed by atoms with E-state index in [-0.39, 0.29) is 23.9 Å². The molecule has 0 unspecified atom stereocenters. The van der Waals surface area contributed by atoms with Crippen LogP contribution in [0.3, 0.4) is 0 Å². The molecule has 2 atom stereocenters. The van der Waals surface area contributed by atoms with E-state index in [0.717, 1.165) is 11.3 Å². The van der Waals surface area contributed by atoms with Gasteiger partial charge in [0.05, 0.1) is 30.6 Å². The Kier molecular flexibility index (Phi) is 4.75. The summed E-state index contributed by atoms with van der Waals surface area (Å²) in [7, 11) is 1.41. The maximum absolute atomic E-state index is 14.0. The molecule has 2 aromatic rings. The number of nitrogens with zero attached hydrogens (tertiary/aromatic N) is 1. The Morgan fingerprint density at radius 1 is 1.42 bits per heavy atom. The number of aromatic amines is 1. The van der Waals surface area contributed by atoms with Crippen molar-refractivity contribution in [1.82, 2.24) is 15.5 Å². The first-order chi connectivity index (χ1) is 12.2. The van der Waals surface area contributed by atoms with Gasteiger partial charge in [0.25, 0.3) is 5.91 Å². The van der Waals surface area contributed by atoms with Crippen LogP contribution in [0.25, 0.3) is 0 Å². The number of amides is 1. The highest BCUT2D eigenvalue weighted by molar-refractivity contribution is 5.94. The van der Waals surface area contributed by atoms with Crippen LogP contribution in [0.15, 0.2) is 18.2 Å². The third-order valence-electron chi connectivity index (χ3n) is 4.75. The molecule has 1 aromatic heterocycles. The fraction of sp³-hybridized carbons (Fsp3) is 0.474. The topological polar surface area (TPSA) is 76.2 Å². The molecule has 2 N–H and O–H groups in total. The van der Waals surface area contributed by atoms with Gasteiger partial charge in [-0.3, -0.25) is 9.89 Å². The van der Waals surface area contributed by atoms with Crippen LogP contribution in [0.5, 0.6) is 5.75 Å². The van der Waals surface area contributed by atoms with E-state index in [1.54, 1.807) is 12.1 Å². The van der Waals surface area contributed by atoms with Crippen LogP contribution in [-0.4, -0.2) is 29.3 Å². The first-order valence-electron chi connectivity index (χ1n) is 8.62. The molecule has 0 spiro atoms. The second kappa shape index (κ2) is 6.72. The van der Waals surface area contributed by atoms with Gasteiger partial charge in [0.2, 0.25) is 0 Å². The van der Waals surface area contributed by atoms with Crippen molar-refractivity contribution in [2.75, 3.05) is 7.11 Å². The summed E-state index contributed by atoms with van der Waals surface area (Å²) < 4.78 is 24.7. The number of rotatable bonds is 4. The molecule has 1 aromatic carbocycles. The molecule has 7 heteroatoms. The average molecular weight is 361 g/mol. The monoisotopic (exact) mass is 361 g/mol. The number of benzene rings is 1. The highest BCUT2D eigenvalue weighted by Gasteiger charge is 2.32. The van der Waals surface area contributed by atoms with E-state index in [4.69, 9.17) is 9.47 Å². The number of halogens is 1. The van der Waals surface area contributed by atoms with Crippen molar-refractivity contribution in [2.24, 2.45) is 0 Å². The summed E-state index contributed by atoms with van der Waals surface area (Å²) in [6, 6.07) is 4.66. The van der Waals surface area contributed by atoms with Crippen LogP contribution in [-0.2, 0) is 16.7 Å². The van der Waals surface area contributed by atoms with Crippen molar-refractivity contribution in [2.45, 2.75) is 51.9 Å². The van der Waals surface area contributed by atoms with Crippen molar-refractivity contribution in [3.63, 3.8) is 0 Å². The van der Waals surface area contributed by atoms with Gasteiger partial charge in [-0.05, 0) is 45.4 Å². The molecule has 2 heterocycles. The lowest BCUT2D eigenvalue weighted by molar-refractivity contribution is -0.00697. The van der Waals surface area contributed by atoms with Crippen LogP contribution < -0.4 is 10.1 Å². The molecule has 1 amide bonds. The predicted molar refractivity (Wildman–Crippen MR) is 94.7 cm³/mol. The van der Waals surface area contributed by atoms with Gasteiger partial charge in [-0.15, -0.1) is 0 Å². The Hall–Kier alpha value is -2.41. The van der Waals surface area contributed by atoms with Gasteiger partial charge in [0.1, 0.15) is 0 Å². The van der Waals surface area contributed by atoms with E-state index in [1.165, 1.54) is 13.2 Å². The number of hydrogen-bond donors (Lipinski definition) is 2. The molecule has 0 fully saturated rings. The Morgan fingerprint density at radius 3 is 2.81 bits per heavy atom. The van der Waals surface area contributed by atoms with E-state index in [1.807, 2.05) is 27.7 Å². The van der Waals surface area contributed by atoms with Gasteiger partial charge in [-0.2, -0.15) is 5.10 Å². The summed E-state index contributed by atoms with van der Waals surface area (Å²) in [5.41, 5.74) is 1.94. The van der Waals surface area contributed by atoms with Gasteiger partial charge in [-0.1, -0.05) is 6.07 Å². The van der Waals surface area contributed by atoms with E-state index < -0.39 is 11.4 Å². The lowest BCUT2D eigenvalue weighted by atomic mass is 9.93. The fourth-order valence-electron chi connectivity index (χ4n) is 3.33. The number of fused-ring (bicyclic) bond motifs is 1. The minimum Gasteiger partial charge on any atom is -0.494 e. The van der Waals surface area contributed by atoms with Gasteiger partial charge in [0.15, 0.2) is 17.3 Å². The van der Waals surface area contributed by atoms with Crippen molar-refractivity contribution < 1.29 is 18.7 Å². The highest BCUT2D eigenvalue weighted by Crippen LogP contribution is 2.31. The van der Waals surface area contributed by atoms with Crippen molar-refractivity contribution in [3.05, 3.63) is 46.5 Å². The van der Waals surface area contributed by atoms with Crippen molar-refractivity contribution in [3.8, 4) is 5.75 Å². The Balaban J connectivity index is 1.85. The first-order valence-corrected chi connectivity index (χ1v) is 8.62. The molecule has 0 radical (unpaired) electrons. The Morgan fingerprint density at radius 2 is 2.15 bits per heavy atom. The normalized spacial score (nSPS) is 19.8. The van der Waals surface area contributed by atoms with Gasteiger partial charge < -0.3 is 14.8 Å². The maximum atomic E-state index is 14.0. The van der Waals surface area contributed by atoms with Crippen LogP contribution in [0.4, 0.5) is 4.39 Å². The Bertz CT molecular complexity index is 831. The predicted octanol–water partition coefficient (Wildman–Crippen LogP) is 3.24. The number of aromatic nitrogens is 2. The maximum Gasteiger partial charge on any atom is 0.272 e. The van der Waals surface area contributed by atoms with Gasteiger partial charge in [-0.25, -0.2) is 4.39 Å². The second-order valence-electron chi connectivity index (χ2n) is 7.19.